The summed E-state index contributed by atoms with van der Waals surface area (Å²) < 4.78 is 4.62. The van der Waals surface area contributed by atoms with E-state index in [1.165, 1.54) is 7.11 Å². The van der Waals surface area contributed by atoms with Crippen LogP contribution in [0.1, 0.15) is 31.5 Å². The van der Waals surface area contributed by atoms with Crippen molar-refractivity contribution in [1.82, 2.24) is 10.3 Å². The summed E-state index contributed by atoms with van der Waals surface area (Å²) in [7, 11) is 1.38. The molecule has 0 amide bonds. The lowest BCUT2D eigenvalue weighted by atomic mass is 9.93. The molecule has 0 bridgehead atoms. The minimum Gasteiger partial charge on any atom is -0.468 e. The van der Waals surface area contributed by atoms with Gasteiger partial charge in [0.25, 0.3) is 0 Å². The molecule has 4 nitrogen and oxygen atoms in total. The van der Waals surface area contributed by atoms with Crippen molar-refractivity contribution < 1.29 is 9.53 Å². The fourth-order valence-electron chi connectivity index (χ4n) is 1.25. The van der Waals surface area contributed by atoms with Gasteiger partial charge in [0.15, 0.2) is 0 Å². The Balaban J connectivity index is 2.41. The molecular weight excluding hydrogens is 316 g/mol. The van der Waals surface area contributed by atoms with Crippen LogP contribution in [0, 0.1) is 0 Å². The van der Waals surface area contributed by atoms with E-state index in [1.807, 2.05) is 0 Å². The van der Waals surface area contributed by atoms with E-state index in [0.717, 1.165) is 10.7 Å². The maximum atomic E-state index is 11.2. The van der Waals surface area contributed by atoms with Gasteiger partial charge in [-0.2, -0.15) is 0 Å². The predicted octanol–water partition coefficient (Wildman–Crippen LogP) is 2.47. The van der Waals surface area contributed by atoms with Crippen LogP contribution in [0.2, 0.25) is 0 Å². The fourth-order valence-corrected chi connectivity index (χ4v) is 2.66. The van der Waals surface area contributed by atoms with Gasteiger partial charge >= 0.3 is 5.97 Å². The largest absolute Gasteiger partial charge is 0.468 e. The van der Waals surface area contributed by atoms with E-state index in [9.17, 15) is 4.79 Å². The second kappa shape index (κ2) is 6.63. The van der Waals surface area contributed by atoms with E-state index < -0.39 is 0 Å². The third-order valence-corrected chi connectivity index (χ3v) is 3.92. The Kier molecular flexibility index (Phi) is 5.75. The monoisotopic (exact) mass is 334 g/mol. The number of ether oxygens (including phenoxy) is 1. The molecule has 102 valence electrons. The summed E-state index contributed by atoms with van der Waals surface area (Å²) in [5, 5.41) is 6.30. The Bertz CT molecular complexity index is 401. The highest BCUT2D eigenvalue weighted by Gasteiger charge is 2.18. The van der Waals surface area contributed by atoms with Crippen LogP contribution in [0.4, 0.5) is 0 Å². The van der Waals surface area contributed by atoms with Gasteiger partial charge in [-0.3, -0.25) is 4.79 Å². The summed E-state index contributed by atoms with van der Waals surface area (Å²) in [5.74, 6) is -0.267. The number of halogens is 1. The van der Waals surface area contributed by atoms with Crippen LogP contribution in [-0.4, -0.2) is 29.4 Å². The number of nitrogens with zero attached hydrogens (tertiary/aromatic N) is 1. The Hall–Kier alpha value is -0.460. The number of esters is 1. The highest BCUT2D eigenvalue weighted by atomic mass is 79.9. The molecule has 1 heterocycles. The smallest absolute Gasteiger partial charge is 0.320 e. The first-order valence-corrected chi connectivity index (χ1v) is 7.51. The molecule has 1 unspecified atom stereocenters. The third-order valence-electron chi connectivity index (χ3n) is 2.38. The number of hydrogen-bond donors (Lipinski definition) is 1. The fraction of sp³-hybridized carbons (Fsp3) is 0.667. The molecule has 0 aliphatic rings. The van der Waals surface area contributed by atoms with Gasteiger partial charge in [-0.1, -0.05) is 36.7 Å². The van der Waals surface area contributed by atoms with Gasteiger partial charge < -0.3 is 10.1 Å². The molecule has 6 heteroatoms. The zero-order valence-corrected chi connectivity index (χ0v) is 13.5. The maximum absolute atomic E-state index is 11.2. The normalized spacial score (nSPS) is 13.4. The average molecular weight is 335 g/mol. The van der Waals surface area contributed by atoms with E-state index >= 15 is 0 Å². The molecule has 1 rings (SSSR count). The van der Waals surface area contributed by atoms with Crippen molar-refractivity contribution in [1.29, 1.82) is 0 Å². The minimum absolute atomic E-state index is 0.0821. The Morgan fingerprint density at radius 2 is 2.28 bits per heavy atom. The molecule has 1 aromatic heterocycles. The number of thiazole rings is 1. The zero-order valence-electron chi connectivity index (χ0n) is 11.1. The highest BCUT2D eigenvalue weighted by Crippen LogP contribution is 2.23. The van der Waals surface area contributed by atoms with Crippen LogP contribution in [-0.2, 0) is 21.5 Å². The van der Waals surface area contributed by atoms with Crippen molar-refractivity contribution in [2.24, 2.45) is 0 Å². The van der Waals surface area contributed by atoms with Crippen LogP contribution in [0.5, 0.6) is 0 Å². The Morgan fingerprint density at radius 3 is 2.78 bits per heavy atom. The van der Waals surface area contributed by atoms with E-state index in [1.54, 1.807) is 11.3 Å². The van der Waals surface area contributed by atoms with Crippen LogP contribution >= 0.6 is 27.3 Å². The van der Waals surface area contributed by atoms with Crippen molar-refractivity contribution in [2.45, 2.75) is 37.6 Å². The quantitative estimate of drug-likeness (QED) is 0.663. The molecule has 1 aromatic rings. The summed E-state index contributed by atoms with van der Waals surface area (Å²) in [4.78, 5) is 15.4. The maximum Gasteiger partial charge on any atom is 0.320 e. The number of methoxy groups -OCH3 is 1. The number of carbonyl (C=O) groups is 1. The molecule has 18 heavy (non-hydrogen) atoms. The van der Waals surface area contributed by atoms with Gasteiger partial charge in [0, 0.05) is 23.9 Å². The van der Waals surface area contributed by atoms with Gasteiger partial charge in [-0.05, 0) is 0 Å². The Labute approximate surface area is 120 Å². The molecule has 0 saturated carbocycles. The second-order valence-corrected chi connectivity index (χ2v) is 7.05. The predicted molar refractivity (Wildman–Crippen MR) is 77.3 cm³/mol. The van der Waals surface area contributed by atoms with Gasteiger partial charge in [-0.25, -0.2) is 4.98 Å². The first-order valence-electron chi connectivity index (χ1n) is 5.72. The molecule has 0 fully saturated rings. The number of alkyl halides is 1. The molecule has 0 spiro atoms. The standard InChI is InChI=1S/C12H19BrN2O2S/c1-12(2,3)9-7-18-10(15-9)6-14-5-8(13)11(16)17-4/h7-8,14H,5-6H2,1-4H3. The lowest BCUT2D eigenvalue weighted by Gasteiger charge is -2.14. The lowest BCUT2D eigenvalue weighted by Crippen LogP contribution is -2.29. The molecule has 0 radical (unpaired) electrons. The van der Waals surface area contributed by atoms with Crippen LogP contribution in [0.15, 0.2) is 5.38 Å². The van der Waals surface area contributed by atoms with E-state index in [4.69, 9.17) is 0 Å². The summed E-state index contributed by atoms with van der Waals surface area (Å²) in [6.07, 6.45) is 0. The number of hydrogen-bond acceptors (Lipinski definition) is 5. The molecule has 0 aliphatic heterocycles. The molecule has 0 aliphatic carbocycles. The molecular formula is C12H19BrN2O2S. The first kappa shape index (κ1) is 15.6. The number of carbonyl (C=O) groups excluding carboxylic acids is 1. The van der Waals surface area contributed by atoms with Gasteiger partial charge in [-0.15, -0.1) is 11.3 Å². The summed E-state index contributed by atoms with van der Waals surface area (Å²) in [5.41, 5.74) is 1.19. The van der Waals surface area contributed by atoms with Crippen molar-refractivity contribution in [3.05, 3.63) is 16.1 Å². The van der Waals surface area contributed by atoms with Gasteiger partial charge in [0.05, 0.1) is 12.8 Å². The van der Waals surface area contributed by atoms with Crippen LogP contribution < -0.4 is 5.32 Å². The second-order valence-electron chi connectivity index (χ2n) is 5.00. The van der Waals surface area contributed by atoms with Crippen molar-refractivity contribution in [3.63, 3.8) is 0 Å². The van der Waals surface area contributed by atoms with Crippen molar-refractivity contribution in [3.8, 4) is 0 Å². The van der Waals surface area contributed by atoms with Crippen molar-refractivity contribution >= 4 is 33.2 Å². The average Bonchev–Trinajstić information content (AvgIpc) is 2.76. The van der Waals surface area contributed by atoms with E-state index in [2.05, 4.69) is 57.1 Å². The Morgan fingerprint density at radius 1 is 1.61 bits per heavy atom. The summed E-state index contributed by atoms with van der Waals surface area (Å²) in [6.45, 7) is 7.62. The van der Waals surface area contributed by atoms with E-state index in [-0.39, 0.29) is 16.2 Å². The SMILES string of the molecule is COC(=O)C(Br)CNCc1nc(C(C)(C)C)cs1. The van der Waals surface area contributed by atoms with Crippen LogP contribution in [0.3, 0.4) is 0 Å². The van der Waals surface area contributed by atoms with Crippen molar-refractivity contribution in [2.75, 3.05) is 13.7 Å². The summed E-state index contributed by atoms with van der Waals surface area (Å²) >= 11 is 4.90. The third kappa shape index (κ3) is 4.66. The minimum atomic E-state index is -0.315. The number of nitrogens with one attached hydrogen (secondary N) is 1. The van der Waals surface area contributed by atoms with Crippen LogP contribution in [0.25, 0.3) is 0 Å². The highest BCUT2D eigenvalue weighted by molar-refractivity contribution is 9.10. The van der Waals surface area contributed by atoms with E-state index in [0.29, 0.717) is 13.1 Å². The zero-order chi connectivity index (χ0) is 13.8. The molecule has 1 atom stereocenters. The summed E-state index contributed by atoms with van der Waals surface area (Å²) in [6, 6.07) is 0. The molecule has 0 aromatic carbocycles. The molecule has 1 N–H and O–H groups in total. The number of rotatable bonds is 5. The van der Waals surface area contributed by atoms with Gasteiger partial charge in [0.2, 0.25) is 0 Å². The first-order chi connectivity index (χ1) is 8.34. The topological polar surface area (TPSA) is 51.2 Å². The number of aromatic nitrogens is 1. The lowest BCUT2D eigenvalue weighted by molar-refractivity contribution is -0.139. The molecule has 0 saturated heterocycles. The van der Waals surface area contributed by atoms with Gasteiger partial charge in [0.1, 0.15) is 9.83 Å².